The SMILES string of the molecule is Cc1[nH]ncc1CNC(=O)c1cc(F)cc(Br)c1. The van der Waals surface area contributed by atoms with E-state index in [9.17, 15) is 9.18 Å². The van der Waals surface area contributed by atoms with E-state index in [0.29, 0.717) is 11.0 Å². The Labute approximate surface area is 112 Å². The number of nitrogens with one attached hydrogen (secondary N) is 2. The molecule has 0 atom stereocenters. The van der Waals surface area contributed by atoms with Gasteiger partial charge in [-0.2, -0.15) is 5.10 Å². The summed E-state index contributed by atoms with van der Waals surface area (Å²) in [5, 5.41) is 9.35. The van der Waals surface area contributed by atoms with E-state index in [0.717, 1.165) is 11.3 Å². The lowest BCUT2D eigenvalue weighted by atomic mass is 10.2. The first-order chi connectivity index (χ1) is 8.56. The highest BCUT2D eigenvalue weighted by Gasteiger charge is 2.09. The first-order valence-electron chi connectivity index (χ1n) is 5.29. The van der Waals surface area contributed by atoms with Crippen molar-refractivity contribution in [3.8, 4) is 0 Å². The van der Waals surface area contributed by atoms with E-state index >= 15 is 0 Å². The number of amides is 1. The van der Waals surface area contributed by atoms with Gasteiger partial charge in [-0.1, -0.05) is 15.9 Å². The molecule has 0 aliphatic heterocycles. The predicted molar refractivity (Wildman–Crippen MR) is 68.6 cm³/mol. The third-order valence-electron chi connectivity index (χ3n) is 2.50. The maximum atomic E-state index is 13.1. The number of H-pyrrole nitrogens is 1. The first-order valence-corrected chi connectivity index (χ1v) is 6.08. The third kappa shape index (κ3) is 2.95. The second kappa shape index (κ2) is 5.30. The summed E-state index contributed by atoms with van der Waals surface area (Å²) in [6.07, 6.45) is 1.65. The fraction of sp³-hybridized carbons (Fsp3) is 0.167. The molecule has 6 heteroatoms. The lowest BCUT2D eigenvalue weighted by Crippen LogP contribution is -2.23. The molecular formula is C12H11BrFN3O. The molecule has 94 valence electrons. The number of rotatable bonds is 3. The Kier molecular flexibility index (Phi) is 3.76. The van der Waals surface area contributed by atoms with Crippen LogP contribution in [0.15, 0.2) is 28.9 Å². The van der Waals surface area contributed by atoms with E-state index in [1.165, 1.54) is 12.1 Å². The van der Waals surface area contributed by atoms with Crippen molar-refractivity contribution < 1.29 is 9.18 Å². The van der Waals surface area contributed by atoms with Gasteiger partial charge in [-0.05, 0) is 25.1 Å². The third-order valence-corrected chi connectivity index (χ3v) is 2.96. The van der Waals surface area contributed by atoms with E-state index in [2.05, 4.69) is 31.4 Å². The molecule has 0 aliphatic rings. The second-order valence-corrected chi connectivity index (χ2v) is 4.78. The molecule has 0 bridgehead atoms. The van der Waals surface area contributed by atoms with Crippen LogP contribution in [0, 0.1) is 12.7 Å². The lowest BCUT2D eigenvalue weighted by molar-refractivity contribution is 0.0950. The Hall–Kier alpha value is -1.69. The number of benzene rings is 1. The van der Waals surface area contributed by atoms with Crippen molar-refractivity contribution in [3.63, 3.8) is 0 Å². The van der Waals surface area contributed by atoms with Gasteiger partial charge in [-0.15, -0.1) is 0 Å². The van der Waals surface area contributed by atoms with Crippen LogP contribution in [0.3, 0.4) is 0 Å². The number of aryl methyl sites for hydroxylation is 1. The highest BCUT2D eigenvalue weighted by molar-refractivity contribution is 9.10. The highest BCUT2D eigenvalue weighted by atomic mass is 79.9. The molecule has 1 aromatic carbocycles. The van der Waals surface area contributed by atoms with Gasteiger partial charge in [-0.3, -0.25) is 9.89 Å². The molecule has 1 aromatic heterocycles. The van der Waals surface area contributed by atoms with Crippen LogP contribution in [0.1, 0.15) is 21.6 Å². The van der Waals surface area contributed by atoms with E-state index in [4.69, 9.17) is 0 Å². The van der Waals surface area contributed by atoms with Gasteiger partial charge >= 0.3 is 0 Å². The summed E-state index contributed by atoms with van der Waals surface area (Å²) in [6.45, 7) is 2.22. The van der Waals surface area contributed by atoms with Gasteiger partial charge in [0, 0.05) is 27.8 Å². The van der Waals surface area contributed by atoms with Crippen molar-refractivity contribution in [2.45, 2.75) is 13.5 Å². The van der Waals surface area contributed by atoms with Crippen LogP contribution in [0.2, 0.25) is 0 Å². The van der Waals surface area contributed by atoms with Crippen LogP contribution in [0.25, 0.3) is 0 Å². The number of aromatic amines is 1. The minimum atomic E-state index is -0.450. The Morgan fingerprint density at radius 3 is 2.89 bits per heavy atom. The molecule has 0 aliphatic carbocycles. The van der Waals surface area contributed by atoms with Crippen LogP contribution < -0.4 is 5.32 Å². The number of aromatic nitrogens is 2. The van der Waals surface area contributed by atoms with Crippen molar-refractivity contribution in [1.82, 2.24) is 15.5 Å². The normalized spacial score (nSPS) is 10.4. The van der Waals surface area contributed by atoms with Gasteiger partial charge < -0.3 is 5.32 Å². The van der Waals surface area contributed by atoms with Crippen LogP contribution in [-0.2, 0) is 6.54 Å². The van der Waals surface area contributed by atoms with Gasteiger partial charge in [-0.25, -0.2) is 4.39 Å². The molecule has 0 spiro atoms. The molecule has 0 saturated heterocycles. The van der Waals surface area contributed by atoms with Crippen LogP contribution in [0.5, 0.6) is 0 Å². The lowest BCUT2D eigenvalue weighted by Gasteiger charge is -2.05. The topological polar surface area (TPSA) is 57.8 Å². The van der Waals surface area contributed by atoms with Crippen molar-refractivity contribution in [2.24, 2.45) is 0 Å². The number of hydrogen-bond acceptors (Lipinski definition) is 2. The van der Waals surface area contributed by atoms with E-state index < -0.39 is 5.82 Å². The van der Waals surface area contributed by atoms with Crippen LogP contribution in [0.4, 0.5) is 4.39 Å². The number of halogens is 2. The number of nitrogens with zero attached hydrogens (tertiary/aromatic N) is 1. The Morgan fingerprint density at radius 2 is 2.28 bits per heavy atom. The van der Waals surface area contributed by atoms with E-state index in [-0.39, 0.29) is 11.5 Å². The van der Waals surface area contributed by atoms with Gasteiger partial charge in [0.25, 0.3) is 5.91 Å². The number of carbonyl (C=O) groups is 1. The van der Waals surface area contributed by atoms with Crippen LogP contribution in [-0.4, -0.2) is 16.1 Å². The Morgan fingerprint density at radius 1 is 1.50 bits per heavy atom. The summed E-state index contributed by atoms with van der Waals surface area (Å²) in [7, 11) is 0. The standard InChI is InChI=1S/C12H11BrFN3O/c1-7-9(6-16-17-7)5-15-12(18)8-2-10(13)4-11(14)3-8/h2-4,6H,5H2,1H3,(H,15,18)(H,16,17). The average Bonchev–Trinajstić information content (AvgIpc) is 2.70. The first kappa shape index (κ1) is 12.8. The zero-order valence-electron chi connectivity index (χ0n) is 9.63. The smallest absolute Gasteiger partial charge is 0.251 e. The summed E-state index contributed by atoms with van der Waals surface area (Å²) in [6, 6.07) is 4.07. The maximum Gasteiger partial charge on any atom is 0.251 e. The average molecular weight is 312 g/mol. The summed E-state index contributed by atoms with van der Waals surface area (Å²) < 4.78 is 13.7. The summed E-state index contributed by atoms with van der Waals surface area (Å²) in [5.41, 5.74) is 2.08. The minimum Gasteiger partial charge on any atom is -0.348 e. The van der Waals surface area contributed by atoms with E-state index in [1.54, 1.807) is 12.3 Å². The molecule has 0 saturated carbocycles. The Bertz CT molecular complexity index is 562. The number of hydrogen-bond donors (Lipinski definition) is 2. The largest absolute Gasteiger partial charge is 0.348 e. The van der Waals surface area contributed by atoms with E-state index in [1.807, 2.05) is 6.92 Å². The molecule has 2 aromatic rings. The molecule has 2 N–H and O–H groups in total. The summed E-state index contributed by atoms with van der Waals surface area (Å²) >= 11 is 3.15. The summed E-state index contributed by atoms with van der Waals surface area (Å²) in [5.74, 6) is -0.773. The molecule has 1 amide bonds. The molecule has 1 heterocycles. The predicted octanol–water partition coefficient (Wildman–Crippen LogP) is 2.55. The van der Waals surface area contributed by atoms with Gasteiger partial charge in [0.05, 0.1) is 6.20 Å². The van der Waals surface area contributed by atoms with Crippen LogP contribution >= 0.6 is 15.9 Å². The molecule has 0 fully saturated rings. The Balaban J connectivity index is 2.06. The highest BCUT2D eigenvalue weighted by Crippen LogP contribution is 2.15. The molecule has 4 nitrogen and oxygen atoms in total. The van der Waals surface area contributed by atoms with Gasteiger partial charge in [0.1, 0.15) is 5.82 Å². The zero-order valence-corrected chi connectivity index (χ0v) is 11.2. The van der Waals surface area contributed by atoms with Gasteiger partial charge in [0.15, 0.2) is 0 Å². The zero-order chi connectivity index (χ0) is 13.1. The number of carbonyl (C=O) groups excluding carboxylic acids is 1. The second-order valence-electron chi connectivity index (χ2n) is 3.86. The maximum absolute atomic E-state index is 13.1. The van der Waals surface area contributed by atoms with Gasteiger partial charge in [0.2, 0.25) is 0 Å². The molecule has 0 unspecified atom stereocenters. The van der Waals surface area contributed by atoms with Crippen molar-refractivity contribution in [1.29, 1.82) is 0 Å². The van der Waals surface area contributed by atoms with Crippen molar-refractivity contribution in [3.05, 3.63) is 51.5 Å². The summed E-state index contributed by atoms with van der Waals surface area (Å²) in [4.78, 5) is 11.8. The fourth-order valence-electron chi connectivity index (χ4n) is 1.52. The molecule has 2 rings (SSSR count). The molecule has 0 radical (unpaired) electrons. The quantitative estimate of drug-likeness (QED) is 0.915. The molecular weight excluding hydrogens is 301 g/mol. The van der Waals surface area contributed by atoms with Crippen molar-refractivity contribution >= 4 is 21.8 Å². The van der Waals surface area contributed by atoms with Crippen molar-refractivity contribution in [2.75, 3.05) is 0 Å². The minimum absolute atomic E-state index is 0.281. The fourth-order valence-corrected chi connectivity index (χ4v) is 1.98. The molecule has 18 heavy (non-hydrogen) atoms. The monoisotopic (exact) mass is 311 g/mol.